The zero-order valence-electron chi connectivity index (χ0n) is 27.5. The summed E-state index contributed by atoms with van der Waals surface area (Å²) in [6, 6.07) is 6.38. The van der Waals surface area contributed by atoms with Gasteiger partial charge in [-0.3, -0.25) is 9.69 Å². The summed E-state index contributed by atoms with van der Waals surface area (Å²) in [6.07, 6.45) is 8.39. The van der Waals surface area contributed by atoms with Crippen molar-refractivity contribution in [3.8, 4) is 40.1 Å². The molecule has 50 heavy (non-hydrogen) atoms. The lowest BCUT2D eigenvalue weighted by Crippen LogP contribution is -2.43. The quantitative estimate of drug-likeness (QED) is 0.180. The molecule has 5 aromatic rings. The van der Waals surface area contributed by atoms with Crippen molar-refractivity contribution in [1.29, 1.82) is 0 Å². The van der Waals surface area contributed by atoms with E-state index >= 15 is 4.39 Å². The number of nitrogens with zero attached hydrogens (tertiary/aromatic N) is 5. The number of furan rings is 1. The second-order valence-electron chi connectivity index (χ2n) is 13.8. The topological polar surface area (TPSA) is 123 Å². The number of hydrogen-bond donors (Lipinski definition) is 2. The van der Waals surface area contributed by atoms with Gasteiger partial charge >= 0.3 is 6.01 Å². The number of benzene rings is 2. The second-order valence-corrected chi connectivity index (χ2v) is 14.9. The molecule has 1 amide bonds. The molecule has 6 heterocycles. The molecule has 3 aromatic heterocycles. The van der Waals surface area contributed by atoms with Crippen molar-refractivity contribution in [3.05, 3.63) is 48.4 Å². The normalized spacial score (nSPS) is 22.1. The monoisotopic (exact) mass is 695 g/mol. The summed E-state index contributed by atoms with van der Waals surface area (Å²) in [6.45, 7) is 5.23. The van der Waals surface area contributed by atoms with Gasteiger partial charge in [0.2, 0.25) is 0 Å². The average molecular weight is 696 g/mol. The van der Waals surface area contributed by atoms with E-state index in [1.165, 1.54) is 24.7 Å². The minimum atomic E-state index is -0.631. The van der Waals surface area contributed by atoms with E-state index in [-0.39, 0.29) is 49.9 Å². The molecule has 9 rings (SSSR count). The van der Waals surface area contributed by atoms with E-state index in [0.29, 0.717) is 59.4 Å². The number of halogens is 2. The van der Waals surface area contributed by atoms with E-state index in [1.807, 2.05) is 11.0 Å². The zero-order valence-corrected chi connectivity index (χ0v) is 28.3. The fourth-order valence-corrected chi connectivity index (χ4v) is 9.38. The number of thiazole rings is 1. The van der Waals surface area contributed by atoms with Gasteiger partial charge in [0.1, 0.15) is 23.8 Å². The summed E-state index contributed by atoms with van der Waals surface area (Å²) < 4.78 is 44.4. The van der Waals surface area contributed by atoms with Crippen LogP contribution in [0.1, 0.15) is 39.0 Å². The van der Waals surface area contributed by atoms with E-state index in [2.05, 4.69) is 27.0 Å². The Kier molecular flexibility index (Phi) is 7.44. The molecule has 3 aliphatic heterocycles. The molecule has 3 atom stereocenters. The Hall–Kier alpha value is -4.80. The number of piperidine rings is 1. The molecule has 2 aromatic carbocycles. The van der Waals surface area contributed by atoms with Gasteiger partial charge in [0, 0.05) is 35.2 Å². The number of nitrogens with two attached hydrogens (primary N) is 1. The second kappa shape index (κ2) is 11.9. The first-order valence-corrected chi connectivity index (χ1v) is 17.9. The maximum absolute atomic E-state index is 17.4. The highest BCUT2D eigenvalue weighted by atomic mass is 32.1. The number of rotatable bonds is 8. The lowest BCUT2D eigenvalue weighted by atomic mass is 9.92. The van der Waals surface area contributed by atoms with Crippen molar-refractivity contribution in [1.82, 2.24) is 24.8 Å². The minimum Gasteiger partial charge on any atom is -0.472 e. The van der Waals surface area contributed by atoms with Gasteiger partial charge in [-0.15, -0.1) is 0 Å². The van der Waals surface area contributed by atoms with Gasteiger partial charge in [-0.25, -0.2) is 13.8 Å². The zero-order chi connectivity index (χ0) is 34.1. The van der Waals surface area contributed by atoms with Crippen molar-refractivity contribution in [2.75, 3.05) is 43.8 Å². The van der Waals surface area contributed by atoms with E-state index in [4.69, 9.17) is 24.9 Å². The lowest BCUT2D eigenvalue weighted by Gasteiger charge is -2.31. The molecule has 0 spiro atoms. The molecule has 10 nitrogen and oxygen atoms in total. The predicted octanol–water partition coefficient (Wildman–Crippen LogP) is 6.32. The third-order valence-electron chi connectivity index (χ3n) is 11.1. The summed E-state index contributed by atoms with van der Waals surface area (Å²) >= 11 is 1.01. The molecule has 1 aliphatic carbocycles. The van der Waals surface area contributed by atoms with Crippen LogP contribution in [-0.4, -0.2) is 75.0 Å². The Bertz CT molecular complexity index is 2220. The highest BCUT2D eigenvalue weighted by Crippen LogP contribution is 2.50. The molecule has 4 fully saturated rings. The van der Waals surface area contributed by atoms with Crippen LogP contribution in [0.2, 0.25) is 0 Å². The van der Waals surface area contributed by atoms with Crippen LogP contribution < -0.4 is 15.8 Å². The smallest absolute Gasteiger partial charge is 0.319 e. The molecule has 256 valence electrons. The number of carbonyl (C=O) groups excluding carboxylic acids is 1. The summed E-state index contributed by atoms with van der Waals surface area (Å²) in [4.78, 5) is 31.2. The molecule has 3 unspecified atom stereocenters. The molecule has 3 N–H and O–H groups in total. The Morgan fingerprint density at radius 1 is 1.16 bits per heavy atom. The number of anilines is 2. The Labute approximate surface area is 291 Å². The number of fused-ring (bicyclic) bond motifs is 4. The molecule has 13 heteroatoms. The van der Waals surface area contributed by atoms with Crippen LogP contribution in [0.3, 0.4) is 0 Å². The third-order valence-corrected chi connectivity index (χ3v) is 12.0. The van der Waals surface area contributed by atoms with Crippen LogP contribution in [0.4, 0.5) is 19.7 Å². The van der Waals surface area contributed by atoms with E-state index in [9.17, 15) is 9.18 Å². The van der Waals surface area contributed by atoms with Crippen LogP contribution >= 0.6 is 11.3 Å². The van der Waals surface area contributed by atoms with Gasteiger partial charge in [-0.1, -0.05) is 17.3 Å². The number of likely N-dealkylation sites (tertiary alicyclic amines) is 1. The van der Waals surface area contributed by atoms with Crippen LogP contribution in [0, 0.1) is 35.3 Å². The van der Waals surface area contributed by atoms with Crippen molar-refractivity contribution < 1.29 is 22.7 Å². The molecule has 1 saturated carbocycles. The Morgan fingerprint density at radius 2 is 2.00 bits per heavy atom. The van der Waals surface area contributed by atoms with Crippen molar-refractivity contribution >= 4 is 49.3 Å². The van der Waals surface area contributed by atoms with E-state index in [1.54, 1.807) is 13.0 Å². The number of aromatic nitrogens is 3. The number of carbonyl (C=O) groups is 1. The first-order chi connectivity index (χ1) is 24.3. The van der Waals surface area contributed by atoms with Crippen LogP contribution in [0.15, 0.2) is 41.2 Å². The first-order valence-electron chi connectivity index (χ1n) is 17.1. The summed E-state index contributed by atoms with van der Waals surface area (Å²) in [7, 11) is 0. The maximum atomic E-state index is 17.4. The highest BCUT2D eigenvalue weighted by molar-refractivity contribution is 7.22. The average Bonchev–Trinajstić information content (AvgIpc) is 3.69. The molecular weight excluding hydrogens is 661 g/mol. The van der Waals surface area contributed by atoms with Crippen molar-refractivity contribution in [2.24, 2.45) is 11.8 Å². The van der Waals surface area contributed by atoms with Crippen LogP contribution in [0.25, 0.3) is 43.4 Å². The van der Waals surface area contributed by atoms with Crippen molar-refractivity contribution in [2.45, 2.75) is 50.6 Å². The highest BCUT2D eigenvalue weighted by Gasteiger charge is 2.53. The minimum absolute atomic E-state index is 0.0492. The Balaban J connectivity index is 1.18. The van der Waals surface area contributed by atoms with Crippen LogP contribution in [0.5, 0.6) is 6.01 Å². The van der Waals surface area contributed by atoms with Gasteiger partial charge in [0.05, 0.1) is 34.3 Å². The number of amides is 1. The summed E-state index contributed by atoms with van der Waals surface area (Å²) in [5.41, 5.74) is 7.94. The molecule has 3 saturated heterocycles. The fourth-order valence-electron chi connectivity index (χ4n) is 8.61. The lowest BCUT2D eigenvalue weighted by molar-refractivity contribution is -0.126. The third kappa shape index (κ3) is 5.07. The predicted molar refractivity (Wildman–Crippen MR) is 187 cm³/mol. The van der Waals surface area contributed by atoms with Crippen molar-refractivity contribution in [3.63, 3.8) is 0 Å². The number of hydrogen-bond acceptors (Lipinski definition) is 10. The number of nitrogen functional groups attached to an aromatic ring is 1. The number of ether oxygens (including phenoxy) is 1. The van der Waals surface area contributed by atoms with E-state index < -0.39 is 11.6 Å². The summed E-state index contributed by atoms with van der Waals surface area (Å²) in [5, 5.41) is 4.09. The molecule has 4 aliphatic rings. The first kappa shape index (κ1) is 31.2. The van der Waals surface area contributed by atoms with E-state index in [0.717, 1.165) is 56.5 Å². The molecular formula is C37H35F2N7O3S. The SMILES string of the molecule is CC#CC(=O)N1CC2CC2C1CNc1nc(OCC23CCCN2CCC3)nc2c(F)c(-c3ccc(F)c4sc(N)nc34)c(-c3ccoc3)cc12. The summed E-state index contributed by atoms with van der Waals surface area (Å²) in [5.74, 6) is 5.35. The fraction of sp³-hybridized carbons (Fsp3) is 0.405. The van der Waals surface area contributed by atoms with Gasteiger partial charge in [-0.2, -0.15) is 9.97 Å². The largest absolute Gasteiger partial charge is 0.472 e. The van der Waals surface area contributed by atoms with Gasteiger partial charge < -0.3 is 25.1 Å². The Morgan fingerprint density at radius 3 is 2.78 bits per heavy atom. The van der Waals surface area contributed by atoms with Gasteiger partial charge in [0.15, 0.2) is 10.9 Å². The maximum Gasteiger partial charge on any atom is 0.319 e. The van der Waals surface area contributed by atoms with Gasteiger partial charge in [0.25, 0.3) is 5.91 Å². The molecule has 0 bridgehead atoms. The number of nitrogens with one attached hydrogen (secondary N) is 1. The standard InChI is InChI=1S/C37H35F2N7O3S/c1-2-5-28(47)46-17-21-14-23(21)27(46)16-41-34-25-15-24(20-8-13-48-18-20)29(22-6-7-26(38)33-32(22)42-35(40)50-33)30(39)31(25)43-36(44-34)49-19-37-9-3-11-45(37)12-4-10-37/h6-8,13,15,18,21,23,27H,3-4,9-12,14,16-17,19H2,1H3,(H2,40,42)(H,41,43,44). The van der Waals surface area contributed by atoms with Crippen LogP contribution in [-0.2, 0) is 4.79 Å². The van der Waals surface area contributed by atoms with Gasteiger partial charge in [-0.05, 0) is 99.7 Å². The molecule has 0 radical (unpaired) electrons.